The monoisotopic (exact) mass is 414 g/mol. The Bertz CT molecular complexity index is 492. The lowest BCUT2D eigenvalue weighted by Crippen LogP contribution is -2.40. The number of carbonyl (C=O) groups excluding carboxylic acids is 3. The molecule has 1 saturated heterocycles. The molecule has 1 aliphatic rings. The molecular formula is C22H38O7. The lowest BCUT2D eigenvalue weighted by atomic mass is 10.0. The van der Waals surface area contributed by atoms with Crippen LogP contribution < -0.4 is 0 Å². The van der Waals surface area contributed by atoms with E-state index in [0.717, 1.165) is 19.3 Å². The van der Waals surface area contributed by atoms with Gasteiger partial charge < -0.3 is 19.7 Å². The third-order valence-corrected chi connectivity index (χ3v) is 5.30. The van der Waals surface area contributed by atoms with Gasteiger partial charge in [0.2, 0.25) is 18.0 Å². The second-order valence-electron chi connectivity index (χ2n) is 7.87. The van der Waals surface area contributed by atoms with E-state index >= 15 is 0 Å². The summed E-state index contributed by atoms with van der Waals surface area (Å²) in [6, 6.07) is 0. The second kappa shape index (κ2) is 15.4. The van der Waals surface area contributed by atoms with Crippen LogP contribution in [0, 0.1) is 0 Å². The highest BCUT2D eigenvalue weighted by Gasteiger charge is 2.47. The molecule has 0 saturated carbocycles. The number of ether oxygens (including phenoxy) is 2. The Morgan fingerprint density at radius 1 is 0.931 bits per heavy atom. The summed E-state index contributed by atoms with van der Waals surface area (Å²) in [6.45, 7) is 1.58. The molecular weight excluding hydrogens is 376 g/mol. The number of ketones is 1. The number of carbonyl (C=O) groups is 3. The van der Waals surface area contributed by atoms with Crippen LogP contribution in [0.2, 0.25) is 0 Å². The SMILES string of the molecule is CCCCCCCCCCCCCCCC(=O)OC(CO)C1OC(=O)C(O)C1=O. The van der Waals surface area contributed by atoms with Crippen molar-refractivity contribution in [3.63, 3.8) is 0 Å². The van der Waals surface area contributed by atoms with Gasteiger partial charge in [0, 0.05) is 6.42 Å². The van der Waals surface area contributed by atoms with Gasteiger partial charge in [-0.05, 0) is 6.42 Å². The first-order valence-electron chi connectivity index (χ1n) is 11.2. The fraction of sp³-hybridized carbons (Fsp3) is 0.864. The van der Waals surface area contributed by atoms with Crippen molar-refractivity contribution in [1.29, 1.82) is 0 Å². The molecule has 0 aliphatic carbocycles. The van der Waals surface area contributed by atoms with E-state index in [4.69, 9.17) is 4.74 Å². The molecule has 2 N–H and O–H groups in total. The lowest BCUT2D eigenvalue weighted by molar-refractivity contribution is -0.166. The third kappa shape index (κ3) is 10.2. The summed E-state index contributed by atoms with van der Waals surface area (Å²) in [6.07, 6.45) is 11.3. The summed E-state index contributed by atoms with van der Waals surface area (Å²) < 4.78 is 9.75. The molecule has 1 heterocycles. The van der Waals surface area contributed by atoms with Gasteiger partial charge in [0.1, 0.15) is 0 Å². The Hall–Kier alpha value is -1.47. The predicted octanol–water partition coefficient (Wildman–Crippen LogP) is 3.23. The Labute approximate surface area is 174 Å². The average molecular weight is 415 g/mol. The maximum Gasteiger partial charge on any atom is 0.343 e. The van der Waals surface area contributed by atoms with Gasteiger partial charge in [0.05, 0.1) is 6.61 Å². The topological polar surface area (TPSA) is 110 Å². The van der Waals surface area contributed by atoms with Crippen molar-refractivity contribution >= 4 is 17.7 Å². The van der Waals surface area contributed by atoms with Crippen LogP contribution in [0.15, 0.2) is 0 Å². The first-order chi connectivity index (χ1) is 14.0. The first-order valence-corrected chi connectivity index (χ1v) is 11.2. The number of hydrogen-bond donors (Lipinski definition) is 2. The van der Waals surface area contributed by atoms with Gasteiger partial charge in [-0.2, -0.15) is 0 Å². The fourth-order valence-electron chi connectivity index (χ4n) is 3.49. The number of aliphatic hydroxyl groups excluding tert-OH is 2. The molecule has 1 fully saturated rings. The van der Waals surface area contributed by atoms with E-state index in [1.165, 1.54) is 57.8 Å². The van der Waals surface area contributed by atoms with E-state index in [1.54, 1.807) is 0 Å². The molecule has 1 aliphatic heterocycles. The standard InChI is InChI=1S/C22H38O7/c1-2-3-4-5-6-7-8-9-10-11-12-13-14-15-18(24)28-17(16-23)21-19(25)20(26)22(27)29-21/h17,20-21,23,26H,2-16H2,1H3. The number of rotatable bonds is 17. The normalized spacial score (nSPS) is 20.0. The second-order valence-corrected chi connectivity index (χ2v) is 7.87. The molecule has 7 heteroatoms. The van der Waals surface area contributed by atoms with Gasteiger partial charge in [-0.1, -0.05) is 84.0 Å². The predicted molar refractivity (Wildman–Crippen MR) is 108 cm³/mol. The molecule has 0 aromatic rings. The van der Waals surface area contributed by atoms with Crippen LogP contribution >= 0.6 is 0 Å². The van der Waals surface area contributed by atoms with Crippen molar-refractivity contribution in [2.75, 3.05) is 6.61 Å². The van der Waals surface area contributed by atoms with Crippen molar-refractivity contribution in [2.24, 2.45) is 0 Å². The highest BCUT2D eigenvalue weighted by atomic mass is 16.6. The largest absolute Gasteiger partial charge is 0.455 e. The summed E-state index contributed by atoms with van der Waals surface area (Å²) >= 11 is 0. The zero-order valence-electron chi connectivity index (χ0n) is 17.8. The molecule has 29 heavy (non-hydrogen) atoms. The molecule has 0 aromatic carbocycles. The highest BCUT2D eigenvalue weighted by Crippen LogP contribution is 2.18. The van der Waals surface area contributed by atoms with Crippen LogP contribution in [-0.4, -0.2) is 52.9 Å². The van der Waals surface area contributed by atoms with Gasteiger partial charge in [0.15, 0.2) is 6.10 Å². The zero-order valence-corrected chi connectivity index (χ0v) is 17.8. The van der Waals surface area contributed by atoms with Gasteiger partial charge in [-0.3, -0.25) is 9.59 Å². The van der Waals surface area contributed by atoms with E-state index in [9.17, 15) is 24.6 Å². The van der Waals surface area contributed by atoms with Crippen LogP contribution in [0.3, 0.4) is 0 Å². The average Bonchev–Trinajstić information content (AvgIpc) is 2.97. The van der Waals surface area contributed by atoms with E-state index in [-0.39, 0.29) is 6.42 Å². The van der Waals surface area contributed by atoms with Crippen LogP contribution in [0.25, 0.3) is 0 Å². The minimum absolute atomic E-state index is 0.186. The van der Waals surface area contributed by atoms with Crippen molar-refractivity contribution in [3.05, 3.63) is 0 Å². The van der Waals surface area contributed by atoms with Crippen LogP contribution in [0.5, 0.6) is 0 Å². The van der Waals surface area contributed by atoms with E-state index in [1.807, 2.05) is 0 Å². The van der Waals surface area contributed by atoms with Gasteiger partial charge in [0.25, 0.3) is 0 Å². The number of aliphatic hydroxyl groups is 2. The maximum absolute atomic E-state index is 11.9. The Balaban J connectivity index is 2.01. The number of unbranched alkanes of at least 4 members (excludes halogenated alkanes) is 12. The maximum atomic E-state index is 11.9. The van der Waals surface area contributed by atoms with Crippen molar-refractivity contribution in [3.8, 4) is 0 Å². The molecule has 0 aromatic heterocycles. The highest BCUT2D eigenvalue weighted by molar-refractivity contribution is 6.09. The summed E-state index contributed by atoms with van der Waals surface area (Å²) in [7, 11) is 0. The van der Waals surface area contributed by atoms with Gasteiger partial charge in [-0.15, -0.1) is 0 Å². The summed E-state index contributed by atoms with van der Waals surface area (Å²) in [5.74, 6) is -2.51. The van der Waals surface area contributed by atoms with Crippen molar-refractivity contribution in [1.82, 2.24) is 0 Å². The summed E-state index contributed by atoms with van der Waals surface area (Å²) in [4.78, 5) is 34.8. The Morgan fingerprint density at radius 3 is 1.83 bits per heavy atom. The van der Waals surface area contributed by atoms with E-state index < -0.39 is 42.6 Å². The quantitative estimate of drug-likeness (QED) is 0.214. The number of esters is 2. The number of Topliss-reactive ketones (excluding diaryl/α,β-unsaturated/α-hetero) is 1. The van der Waals surface area contributed by atoms with E-state index in [2.05, 4.69) is 11.7 Å². The third-order valence-electron chi connectivity index (χ3n) is 5.30. The van der Waals surface area contributed by atoms with Gasteiger partial charge in [-0.25, -0.2) is 4.79 Å². The molecule has 168 valence electrons. The first kappa shape index (κ1) is 25.6. The van der Waals surface area contributed by atoms with E-state index in [0.29, 0.717) is 6.42 Å². The molecule has 1 rings (SSSR count). The number of hydrogen-bond acceptors (Lipinski definition) is 7. The van der Waals surface area contributed by atoms with Crippen LogP contribution in [0.1, 0.15) is 96.8 Å². The van der Waals surface area contributed by atoms with Crippen molar-refractivity contribution < 1.29 is 34.1 Å². The molecule has 3 unspecified atom stereocenters. The molecule has 0 bridgehead atoms. The Kier molecular flexibility index (Phi) is 13.6. The summed E-state index contributed by atoms with van der Waals surface area (Å²) in [5, 5.41) is 18.6. The fourth-order valence-corrected chi connectivity index (χ4v) is 3.49. The minimum atomic E-state index is -1.87. The smallest absolute Gasteiger partial charge is 0.343 e. The number of cyclic esters (lactones) is 1. The van der Waals surface area contributed by atoms with Crippen molar-refractivity contribution in [2.45, 2.75) is 115 Å². The molecule has 0 amide bonds. The summed E-state index contributed by atoms with van der Waals surface area (Å²) in [5.41, 5.74) is 0. The molecule has 3 atom stereocenters. The molecule has 0 spiro atoms. The van der Waals surface area contributed by atoms with Crippen LogP contribution in [-0.2, 0) is 23.9 Å². The van der Waals surface area contributed by atoms with Crippen LogP contribution in [0.4, 0.5) is 0 Å². The molecule has 0 radical (unpaired) electrons. The van der Waals surface area contributed by atoms with Gasteiger partial charge >= 0.3 is 11.9 Å². The lowest BCUT2D eigenvalue weighted by Gasteiger charge is -2.19. The minimum Gasteiger partial charge on any atom is -0.455 e. The Morgan fingerprint density at radius 2 is 1.41 bits per heavy atom. The zero-order chi connectivity index (χ0) is 21.5. The molecule has 7 nitrogen and oxygen atoms in total.